The van der Waals surface area contributed by atoms with Crippen LogP contribution in [0, 0.1) is 6.58 Å². The highest BCUT2D eigenvalue weighted by Crippen LogP contribution is 1.98. The Kier molecular flexibility index (Phi) is 9.56. The lowest BCUT2D eigenvalue weighted by Gasteiger charge is -1.88. The van der Waals surface area contributed by atoms with Crippen LogP contribution in [-0.2, 0) is 0 Å². The van der Waals surface area contributed by atoms with Crippen molar-refractivity contribution in [1.82, 2.24) is 0 Å². The fourth-order valence-electron chi connectivity index (χ4n) is 0.925. The summed E-state index contributed by atoms with van der Waals surface area (Å²) in [6.45, 7) is 7.40. The Hall–Kier alpha value is -0.780. The van der Waals surface area contributed by atoms with E-state index in [9.17, 15) is 0 Å². The monoisotopic (exact) mass is 163 g/mol. The fraction of sp³-hybridized carbons (Fsp3) is 0.500. The van der Waals surface area contributed by atoms with Crippen LogP contribution < -0.4 is 0 Å². The van der Waals surface area contributed by atoms with Crippen LogP contribution in [0.25, 0.3) is 0 Å². The molecule has 0 aromatic carbocycles. The van der Waals surface area contributed by atoms with E-state index in [1.165, 1.54) is 19.3 Å². The molecule has 0 atom stereocenters. The first-order chi connectivity index (χ1) is 5.91. The van der Waals surface area contributed by atoms with Gasteiger partial charge in [0.25, 0.3) is 0 Å². The second-order valence-corrected chi connectivity index (χ2v) is 2.81. The van der Waals surface area contributed by atoms with E-state index in [-0.39, 0.29) is 0 Å². The van der Waals surface area contributed by atoms with E-state index in [1.807, 2.05) is 6.08 Å². The largest absolute Gasteiger partial charge is 0.0885 e. The summed E-state index contributed by atoms with van der Waals surface area (Å²) in [5.74, 6) is 0. The molecule has 0 heterocycles. The van der Waals surface area contributed by atoms with E-state index >= 15 is 0 Å². The van der Waals surface area contributed by atoms with Gasteiger partial charge < -0.3 is 0 Å². The second kappa shape index (κ2) is 10.2. The molecule has 0 saturated heterocycles. The number of allylic oxidation sites excluding steroid dienone is 5. The molecule has 0 rings (SSSR count). The van der Waals surface area contributed by atoms with Crippen molar-refractivity contribution in [2.45, 2.75) is 39.0 Å². The van der Waals surface area contributed by atoms with Gasteiger partial charge in [0.15, 0.2) is 0 Å². The Labute approximate surface area is 76.7 Å². The van der Waals surface area contributed by atoms with Crippen LogP contribution >= 0.6 is 0 Å². The smallest absolute Gasteiger partial charge is 0.0313 e. The van der Waals surface area contributed by atoms with E-state index < -0.39 is 0 Å². The minimum absolute atomic E-state index is 1.09. The lowest BCUT2D eigenvalue weighted by atomic mass is 10.2. The summed E-state index contributed by atoms with van der Waals surface area (Å²) in [6.07, 6.45) is 16.1. The van der Waals surface area contributed by atoms with E-state index in [4.69, 9.17) is 6.58 Å². The van der Waals surface area contributed by atoms with Crippen molar-refractivity contribution in [1.29, 1.82) is 0 Å². The van der Waals surface area contributed by atoms with Crippen LogP contribution in [0.1, 0.15) is 39.0 Å². The molecule has 0 aliphatic heterocycles. The molecule has 0 saturated carbocycles. The van der Waals surface area contributed by atoms with Gasteiger partial charge in [-0.05, 0) is 19.3 Å². The van der Waals surface area contributed by atoms with Gasteiger partial charge in [-0.1, -0.05) is 56.7 Å². The summed E-state index contributed by atoms with van der Waals surface area (Å²) in [5.41, 5.74) is 0. The summed E-state index contributed by atoms with van der Waals surface area (Å²) in [7, 11) is 0. The minimum Gasteiger partial charge on any atom is -0.0885 e. The Bertz CT molecular complexity index is 140. The van der Waals surface area contributed by atoms with Crippen LogP contribution in [-0.4, -0.2) is 0 Å². The Morgan fingerprint density at radius 3 is 2.33 bits per heavy atom. The average molecular weight is 163 g/mol. The SMILES string of the molecule is [CH]=CC=CCCC=CCCCC. The van der Waals surface area contributed by atoms with Gasteiger partial charge in [-0.25, -0.2) is 0 Å². The van der Waals surface area contributed by atoms with Gasteiger partial charge in [0.2, 0.25) is 0 Å². The number of hydrogen-bond acceptors (Lipinski definition) is 0. The first-order valence-electron chi connectivity index (χ1n) is 4.77. The lowest BCUT2D eigenvalue weighted by molar-refractivity contribution is 0.811. The standard InChI is InChI=1S/C12H19/c1-3-5-7-9-11-12-10-8-6-4-2/h1,3,5,7,10,12H,4,6,8-9,11H2,2H3. The van der Waals surface area contributed by atoms with Crippen molar-refractivity contribution in [2.24, 2.45) is 0 Å². The molecule has 0 heteroatoms. The molecule has 67 valence electrons. The van der Waals surface area contributed by atoms with Gasteiger partial charge in [-0.15, -0.1) is 0 Å². The van der Waals surface area contributed by atoms with Gasteiger partial charge in [-0.2, -0.15) is 0 Å². The van der Waals surface area contributed by atoms with Crippen LogP contribution in [0.3, 0.4) is 0 Å². The molecule has 0 aliphatic rings. The molecule has 0 spiro atoms. The molecule has 0 N–H and O–H groups in total. The van der Waals surface area contributed by atoms with Crippen molar-refractivity contribution in [2.75, 3.05) is 0 Å². The number of rotatable bonds is 7. The van der Waals surface area contributed by atoms with Crippen molar-refractivity contribution in [3.8, 4) is 0 Å². The van der Waals surface area contributed by atoms with Gasteiger partial charge in [0, 0.05) is 0 Å². The predicted molar refractivity (Wildman–Crippen MR) is 55.9 cm³/mol. The highest BCUT2D eigenvalue weighted by atomic mass is 13.8. The zero-order valence-electron chi connectivity index (χ0n) is 8.00. The molecule has 0 amide bonds. The Balaban J connectivity index is 3.12. The van der Waals surface area contributed by atoms with Crippen LogP contribution in [0.2, 0.25) is 0 Å². The van der Waals surface area contributed by atoms with Gasteiger partial charge in [0.05, 0.1) is 0 Å². The van der Waals surface area contributed by atoms with E-state index in [0.29, 0.717) is 0 Å². The fourth-order valence-corrected chi connectivity index (χ4v) is 0.925. The molecule has 12 heavy (non-hydrogen) atoms. The highest BCUT2D eigenvalue weighted by molar-refractivity contribution is 4.96. The minimum atomic E-state index is 1.09. The third-order valence-corrected chi connectivity index (χ3v) is 1.64. The molecule has 0 aromatic rings. The van der Waals surface area contributed by atoms with Crippen LogP contribution in [0.15, 0.2) is 30.4 Å². The maximum atomic E-state index is 5.18. The highest BCUT2D eigenvalue weighted by Gasteiger charge is 1.78. The quantitative estimate of drug-likeness (QED) is 0.301. The van der Waals surface area contributed by atoms with Crippen LogP contribution in [0.5, 0.6) is 0 Å². The maximum absolute atomic E-state index is 5.18. The molecular formula is C12H19. The van der Waals surface area contributed by atoms with Crippen LogP contribution in [0.4, 0.5) is 0 Å². The lowest BCUT2D eigenvalue weighted by Crippen LogP contribution is -1.68. The van der Waals surface area contributed by atoms with E-state index in [0.717, 1.165) is 12.8 Å². The number of unbranched alkanes of at least 4 members (excludes halogenated alkanes) is 3. The zero-order valence-corrected chi connectivity index (χ0v) is 8.00. The van der Waals surface area contributed by atoms with E-state index in [1.54, 1.807) is 6.08 Å². The van der Waals surface area contributed by atoms with Crippen molar-refractivity contribution in [3.63, 3.8) is 0 Å². The topological polar surface area (TPSA) is 0 Å². The molecule has 0 aliphatic carbocycles. The molecule has 1 radical (unpaired) electrons. The predicted octanol–water partition coefficient (Wildman–Crippen LogP) is 4.06. The Morgan fingerprint density at radius 2 is 1.67 bits per heavy atom. The van der Waals surface area contributed by atoms with Gasteiger partial charge in [-0.3, -0.25) is 0 Å². The maximum Gasteiger partial charge on any atom is -0.0313 e. The van der Waals surface area contributed by atoms with E-state index in [2.05, 4.69) is 25.2 Å². The zero-order chi connectivity index (χ0) is 9.07. The first kappa shape index (κ1) is 11.2. The molecular weight excluding hydrogens is 144 g/mol. The summed E-state index contributed by atoms with van der Waals surface area (Å²) in [4.78, 5) is 0. The summed E-state index contributed by atoms with van der Waals surface area (Å²) in [5, 5.41) is 0. The van der Waals surface area contributed by atoms with Gasteiger partial charge >= 0.3 is 0 Å². The Morgan fingerprint density at radius 1 is 1.00 bits per heavy atom. The second-order valence-electron chi connectivity index (χ2n) is 2.81. The first-order valence-corrected chi connectivity index (χ1v) is 4.77. The third-order valence-electron chi connectivity index (χ3n) is 1.64. The summed E-state index contributed by atoms with van der Waals surface area (Å²) >= 11 is 0. The summed E-state index contributed by atoms with van der Waals surface area (Å²) in [6, 6.07) is 0. The average Bonchev–Trinajstić information content (AvgIpc) is 2.10. The summed E-state index contributed by atoms with van der Waals surface area (Å²) < 4.78 is 0. The van der Waals surface area contributed by atoms with Crippen molar-refractivity contribution < 1.29 is 0 Å². The van der Waals surface area contributed by atoms with Crippen molar-refractivity contribution >= 4 is 0 Å². The molecule has 0 nitrogen and oxygen atoms in total. The normalized spacial score (nSPS) is 11.4. The van der Waals surface area contributed by atoms with Gasteiger partial charge in [0.1, 0.15) is 0 Å². The molecule has 0 unspecified atom stereocenters. The molecule has 0 fully saturated rings. The molecule has 0 aromatic heterocycles. The number of hydrogen-bond donors (Lipinski definition) is 0. The third kappa shape index (κ3) is 9.22. The van der Waals surface area contributed by atoms with Crippen molar-refractivity contribution in [3.05, 3.63) is 37.0 Å². The molecule has 0 bridgehead atoms.